The molecule has 0 unspecified atom stereocenters. The molecule has 4 amide bonds. The van der Waals surface area contributed by atoms with Crippen molar-refractivity contribution < 1.29 is 19.2 Å². The van der Waals surface area contributed by atoms with Crippen LogP contribution < -0.4 is 21.3 Å². The molecule has 204 valence electrons. The molecule has 4 bridgehead atoms. The number of likely N-dealkylation sites (N-methyl/N-ethyl adjacent to an activating group) is 1. The zero-order valence-corrected chi connectivity index (χ0v) is 22.2. The van der Waals surface area contributed by atoms with Gasteiger partial charge in [0.1, 0.15) is 23.8 Å². The van der Waals surface area contributed by atoms with Crippen molar-refractivity contribution in [1.29, 1.82) is 0 Å². The van der Waals surface area contributed by atoms with E-state index in [1.807, 2.05) is 44.2 Å². The molecule has 5 atom stereocenters. The van der Waals surface area contributed by atoms with Gasteiger partial charge in [0.2, 0.25) is 23.6 Å². The lowest BCUT2D eigenvalue weighted by atomic mass is 10.0. The molecular weight excluding hydrogens is 488 g/mol. The number of hydrogen-bond donors (Lipinski definition) is 4. The predicted octanol–water partition coefficient (Wildman–Crippen LogP) is -0.474. The number of hydrogen-bond acceptors (Lipinski definition) is 7. The molecule has 2 aliphatic rings. The largest absolute Gasteiger partial charge is 0.349 e. The summed E-state index contributed by atoms with van der Waals surface area (Å²) in [6, 6.07) is 6.15. The van der Waals surface area contributed by atoms with Crippen molar-refractivity contribution in [3.8, 4) is 0 Å². The molecule has 38 heavy (non-hydrogen) atoms. The standard InChI is InChI=1S/C26H36N8O4/c1-15(2)22(30-23(35)16(3)27-4)26(38)33-14-19-11-21(33)25(37)29-20(10-17-8-6-5-7-9-17)24(36)28-12-18-13-34(19)32-31-18/h5-9,13,15-16,19-22,27H,10-12,14H2,1-4H3,(H,28,36)(H,29,37)(H,30,35)/t16-,19-,20-,21-,22-/m0/s1. The van der Waals surface area contributed by atoms with Gasteiger partial charge in [-0.2, -0.15) is 0 Å². The summed E-state index contributed by atoms with van der Waals surface area (Å²) in [4.78, 5) is 54.7. The molecule has 0 aliphatic carbocycles. The SMILES string of the molecule is CN[C@@H](C)C(=O)N[C@H](C(=O)N1C[C@@H]2C[C@H]1C(=O)N[C@@H](Cc1ccccc1)C(=O)NCc1cn2nn1)C(C)C. The molecule has 12 nitrogen and oxygen atoms in total. The van der Waals surface area contributed by atoms with Crippen LogP contribution in [0.1, 0.15) is 44.5 Å². The van der Waals surface area contributed by atoms with Crippen LogP contribution in [0.2, 0.25) is 0 Å². The third-order valence-corrected chi connectivity index (χ3v) is 7.21. The van der Waals surface area contributed by atoms with Crippen LogP contribution in [0.25, 0.3) is 0 Å². The van der Waals surface area contributed by atoms with Gasteiger partial charge in [-0.1, -0.05) is 49.4 Å². The first-order valence-corrected chi connectivity index (χ1v) is 13.0. The van der Waals surface area contributed by atoms with Gasteiger partial charge in [0, 0.05) is 19.4 Å². The number of carbonyl (C=O) groups excluding carboxylic acids is 4. The molecule has 3 heterocycles. The van der Waals surface area contributed by atoms with E-state index in [-0.39, 0.29) is 42.8 Å². The molecule has 2 aromatic rings. The third-order valence-electron chi connectivity index (χ3n) is 7.21. The van der Waals surface area contributed by atoms with Crippen LogP contribution in [0, 0.1) is 5.92 Å². The number of fused-ring (bicyclic) bond motifs is 5. The average molecular weight is 525 g/mol. The monoisotopic (exact) mass is 524 g/mol. The lowest BCUT2D eigenvalue weighted by molar-refractivity contribution is -0.143. The highest BCUT2D eigenvalue weighted by Crippen LogP contribution is 2.29. The number of nitrogens with one attached hydrogen (secondary N) is 4. The lowest BCUT2D eigenvalue weighted by Crippen LogP contribution is -2.58. The molecule has 0 radical (unpaired) electrons. The average Bonchev–Trinajstić information content (AvgIpc) is 3.56. The highest BCUT2D eigenvalue weighted by atomic mass is 16.2. The van der Waals surface area contributed by atoms with Gasteiger partial charge in [0.05, 0.1) is 24.8 Å². The van der Waals surface area contributed by atoms with E-state index < -0.39 is 30.1 Å². The summed E-state index contributed by atoms with van der Waals surface area (Å²) in [7, 11) is 1.67. The Morgan fingerprint density at radius 3 is 2.55 bits per heavy atom. The van der Waals surface area contributed by atoms with Crippen molar-refractivity contribution >= 4 is 23.6 Å². The minimum atomic E-state index is -0.842. The summed E-state index contributed by atoms with van der Waals surface area (Å²) in [6.45, 7) is 5.81. The molecule has 1 fully saturated rings. The number of rotatable bonds is 7. The predicted molar refractivity (Wildman–Crippen MR) is 138 cm³/mol. The maximum absolute atomic E-state index is 13.8. The van der Waals surface area contributed by atoms with Crippen molar-refractivity contribution in [2.75, 3.05) is 13.6 Å². The smallest absolute Gasteiger partial charge is 0.246 e. The summed E-state index contributed by atoms with van der Waals surface area (Å²) < 4.78 is 1.64. The normalized spacial score (nSPS) is 23.1. The highest BCUT2D eigenvalue weighted by molar-refractivity contribution is 5.95. The van der Waals surface area contributed by atoms with Crippen LogP contribution in [-0.4, -0.2) is 81.3 Å². The molecule has 1 aromatic heterocycles. The van der Waals surface area contributed by atoms with Gasteiger partial charge in [-0.05, 0) is 25.5 Å². The third kappa shape index (κ3) is 6.01. The van der Waals surface area contributed by atoms with Gasteiger partial charge in [-0.3, -0.25) is 19.2 Å². The van der Waals surface area contributed by atoms with Gasteiger partial charge in [0.15, 0.2) is 0 Å². The zero-order valence-electron chi connectivity index (χ0n) is 22.2. The van der Waals surface area contributed by atoms with E-state index in [0.717, 1.165) is 5.56 Å². The molecule has 1 aromatic carbocycles. The number of amides is 4. The molecule has 1 saturated heterocycles. The maximum Gasteiger partial charge on any atom is 0.246 e. The number of benzene rings is 1. The van der Waals surface area contributed by atoms with Crippen molar-refractivity contribution in [3.63, 3.8) is 0 Å². The van der Waals surface area contributed by atoms with Crippen molar-refractivity contribution in [1.82, 2.24) is 41.2 Å². The van der Waals surface area contributed by atoms with Crippen LogP contribution in [0.3, 0.4) is 0 Å². The summed E-state index contributed by atoms with van der Waals surface area (Å²) in [5, 5.41) is 19.8. The second-order valence-electron chi connectivity index (χ2n) is 10.3. The Morgan fingerprint density at radius 2 is 1.87 bits per heavy atom. The second-order valence-corrected chi connectivity index (χ2v) is 10.3. The Labute approximate surface area is 221 Å². The number of likely N-dealkylation sites (tertiary alicyclic amines) is 1. The fraction of sp³-hybridized carbons (Fsp3) is 0.538. The van der Waals surface area contributed by atoms with E-state index in [4.69, 9.17) is 0 Å². The lowest BCUT2D eigenvalue weighted by Gasteiger charge is -2.31. The Bertz CT molecular complexity index is 1170. The highest BCUT2D eigenvalue weighted by Gasteiger charge is 2.44. The zero-order chi connectivity index (χ0) is 27.4. The van der Waals surface area contributed by atoms with Crippen LogP contribution >= 0.6 is 0 Å². The Kier molecular flexibility index (Phi) is 8.40. The van der Waals surface area contributed by atoms with Gasteiger partial charge >= 0.3 is 0 Å². The topological polar surface area (TPSA) is 150 Å². The second kappa shape index (κ2) is 11.7. The minimum Gasteiger partial charge on any atom is -0.349 e. The number of aromatic nitrogens is 3. The molecular formula is C26H36N8O4. The molecule has 2 aliphatic heterocycles. The summed E-state index contributed by atoms with van der Waals surface area (Å²) in [5.41, 5.74) is 1.47. The van der Waals surface area contributed by atoms with E-state index in [1.54, 1.807) is 24.9 Å². The first-order valence-electron chi connectivity index (χ1n) is 13.0. The maximum atomic E-state index is 13.8. The van der Waals surface area contributed by atoms with Gasteiger partial charge in [0.25, 0.3) is 0 Å². The molecule has 4 rings (SSSR count). The summed E-state index contributed by atoms with van der Waals surface area (Å²) in [5.74, 6) is -1.63. The first-order chi connectivity index (χ1) is 18.2. The first kappa shape index (κ1) is 27.2. The summed E-state index contributed by atoms with van der Waals surface area (Å²) in [6.07, 6.45) is 2.34. The molecule has 0 spiro atoms. The number of carbonyl (C=O) groups is 4. The van der Waals surface area contributed by atoms with Crippen LogP contribution in [-0.2, 0) is 32.1 Å². The molecule has 12 heteroatoms. The van der Waals surface area contributed by atoms with Crippen molar-refractivity contribution in [2.45, 2.75) is 70.4 Å². The minimum absolute atomic E-state index is 0.171. The Balaban J connectivity index is 1.63. The van der Waals surface area contributed by atoms with Gasteiger partial charge in [-0.15, -0.1) is 5.10 Å². The van der Waals surface area contributed by atoms with E-state index in [1.165, 1.54) is 4.90 Å². The number of nitrogens with zero attached hydrogens (tertiary/aromatic N) is 4. The molecule has 4 N–H and O–H groups in total. The van der Waals surface area contributed by atoms with Crippen molar-refractivity contribution in [3.05, 3.63) is 47.8 Å². The quantitative estimate of drug-likeness (QED) is 0.382. The van der Waals surface area contributed by atoms with Crippen LogP contribution in [0.4, 0.5) is 0 Å². The van der Waals surface area contributed by atoms with E-state index in [9.17, 15) is 19.2 Å². The Morgan fingerprint density at radius 1 is 1.13 bits per heavy atom. The Hall–Kier alpha value is -3.80. The van der Waals surface area contributed by atoms with Crippen molar-refractivity contribution in [2.24, 2.45) is 5.92 Å². The van der Waals surface area contributed by atoms with Crippen LogP contribution in [0.5, 0.6) is 0 Å². The fourth-order valence-electron chi connectivity index (χ4n) is 4.80. The van der Waals surface area contributed by atoms with Crippen LogP contribution in [0.15, 0.2) is 36.5 Å². The summed E-state index contributed by atoms with van der Waals surface area (Å²) >= 11 is 0. The van der Waals surface area contributed by atoms with E-state index in [0.29, 0.717) is 18.5 Å². The van der Waals surface area contributed by atoms with E-state index >= 15 is 0 Å². The van der Waals surface area contributed by atoms with E-state index in [2.05, 4.69) is 31.6 Å². The molecule has 0 saturated carbocycles. The fourth-order valence-corrected chi connectivity index (χ4v) is 4.80. The van der Waals surface area contributed by atoms with Gasteiger partial charge < -0.3 is 26.2 Å². The van der Waals surface area contributed by atoms with Gasteiger partial charge in [-0.25, -0.2) is 4.68 Å².